The van der Waals surface area contributed by atoms with Gasteiger partial charge in [0.15, 0.2) is 11.6 Å². The summed E-state index contributed by atoms with van der Waals surface area (Å²) in [6, 6.07) is 10.2. The Bertz CT molecular complexity index is 632. The summed E-state index contributed by atoms with van der Waals surface area (Å²) in [5.74, 6) is 0.00860. The van der Waals surface area contributed by atoms with Crippen LogP contribution in [-0.4, -0.2) is 6.04 Å². The van der Waals surface area contributed by atoms with Gasteiger partial charge < -0.3 is 10.1 Å². The Hall–Kier alpha value is -1.29. The fourth-order valence-corrected chi connectivity index (χ4v) is 2.19. The summed E-state index contributed by atoms with van der Waals surface area (Å²) in [6.07, 6.45) is 0. The summed E-state index contributed by atoms with van der Waals surface area (Å²) in [4.78, 5) is 0. The zero-order valence-corrected chi connectivity index (χ0v) is 13.3. The molecule has 2 nitrogen and oxygen atoms in total. The highest BCUT2D eigenvalue weighted by atomic mass is 35.5. The van der Waals surface area contributed by atoms with Gasteiger partial charge in [0.2, 0.25) is 0 Å². The number of ether oxygens (including phenoxy) is 1. The minimum absolute atomic E-state index is 0.0244. The number of nitrogens with one attached hydrogen (secondary N) is 1. The Balaban J connectivity index is 2.31. The Labute approximate surface area is 133 Å². The summed E-state index contributed by atoms with van der Waals surface area (Å²) < 4.78 is 19.6. The van der Waals surface area contributed by atoms with Crippen LogP contribution >= 0.6 is 23.2 Å². The standard InChI is InChI=1S/C16H16Cl2FNO/c1-10(2)20-9-11-12(17)5-3-7-14(11)21-15-8-4-6-13(18)16(15)19/h3-8,10,20H,9H2,1-2H3. The fourth-order valence-electron chi connectivity index (χ4n) is 1.79. The van der Waals surface area contributed by atoms with Gasteiger partial charge in [0.1, 0.15) is 5.75 Å². The smallest absolute Gasteiger partial charge is 0.184 e. The maximum Gasteiger partial charge on any atom is 0.184 e. The molecule has 2 rings (SSSR count). The minimum atomic E-state index is -0.582. The number of hydrogen-bond donors (Lipinski definition) is 1. The van der Waals surface area contributed by atoms with Gasteiger partial charge in [-0.15, -0.1) is 0 Å². The van der Waals surface area contributed by atoms with E-state index in [0.717, 1.165) is 5.56 Å². The topological polar surface area (TPSA) is 21.3 Å². The molecule has 0 spiro atoms. The largest absolute Gasteiger partial charge is 0.454 e. The second-order valence-electron chi connectivity index (χ2n) is 4.91. The highest BCUT2D eigenvalue weighted by Crippen LogP contribution is 2.33. The zero-order chi connectivity index (χ0) is 15.4. The van der Waals surface area contributed by atoms with Gasteiger partial charge in [0, 0.05) is 23.2 Å². The third kappa shape index (κ3) is 4.10. The van der Waals surface area contributed by atoms with E-state index in [1.54, 1.807) is 24.3 Å². The van der Waals surface area contributed by atoms with Crippen LogP contribution in [0.5, 0.6) is 11.5 Å². The second kappa shape index (κ2) is 7.12. The SMILES string of the molecule is CC(C)NCc1c(Cl)cccc1Oc1cccc(Cl)c1F. The fraction of sp³-hybridized carbons (Fsp3) is 0.250. The molecule has 0 atom stereocenters. The monoisotopic (exact) mass is 327 g/mol. The highest BCUT2D eigenvalue weighted by molar-refractivity contribution is 6.31. The molecule has 5 heteroatoms. The van der Waals surface area contributed by atoms with Crippen molar-refractivity contribution in [3.05, 3.63) is 57.8 Å². The van der Waals surface area contributed by atoms with Gasteiger partial charge in [-0.05, 0) is 24.3 Å². The van der Waals surface area contributed by atoms with E-state index in [4.69, 9.17) is 27.9 Å². The maximum absolute atomic E-state index is 13.9. The predicted molar refractivity (Wildman–Crippen MR) is 84.9 cm³/mol. The van der Waals surface area contributed by atoms with Crippen LogP contribution in [0, 0.1) is 5.82 Å². The molecule has 21 heavy (non-hydrogen) atoms. The van der Waals surface area contributed by atoms with Crippen molar-refractivity contribution in [1.29, 1.82) is 0 Å². The molecule has 0 radical (unpaired) electrons. The highest BCUT2D eigenvalue weighted by Gasteiger charge is 2.13. The Morgan fingerprint density at radius 3 is 2.33 bits per heavy atom. The maximum atomic E-state index is 13.9. The lowest BCUT2D eigenvalue weighted by atomic mass is 10.2. The molecule has 0 aliphatic carbocycles. The average molecular weight is 328 g/mol. The molecule has 0 aliphatic heterocycles. The molecule has 0 saturated heterocycles. The summed E-state index contributed by atoms with van der Waals surface area (Å²) in [7, 11) is 0. The van der Waals surface area contributed by atoms with Crippen LogP contribution in [0.3, 0.4) is 0 Å². The van der Waals surface area contributed by atoms with Gasteiger partial charge in [-0.2, -0.15) is 0 Å². The first-order chi connectivity index (χ1) is 9.99. The quantitative estimate of drug-likeness (QED) is 0.791. The Kier molecular flexibility index (Phi) is 5.45. The van der Waals surface area contributed by atoms with E-state index in [0.29, 0.717) is 23.4 Å². The van der Waals surface area contributed by atoms with Crippen LogP contribution in [0.4, 0.5) is 4.39 Å². The van der Waals surface area contributed by atoms with Gasteiger partial charge in [-0.25, -0.2) is 4.39 Å². The third-order valence-electron chi connectivity index (χ3n) is 2.90. The lowest BCUT2D eigenvalue weighted by molar-refractivity contribution is 0.434. The molecule has 0 amide bonds. The zero-order valence-electron chi connectivity index (χ0n) is 11.8. The van der Waals surface area contributed by atoms with E-state index in [-0.39, 0.29) is 10.8 Å². The Morgan fingerprint density at radius 2 is 1.67 bits per heavy atom. The molecule has 0 saturated carbocycles. The van der Waals surface area contributed by atoms with Crippen molar-refractivity contribution in [1.82, 2.24) is 5.32 Å². The third-order valence-corrected chi connectivity index (χ3v) is 3.55. The average Bonchev–Trinajstić information content (AvgIpc) is 2.43. The van der Waals surface area contributed by atoms with Gasteiger partial charge in [0.05, 0.1) is 5.02 Å². The molecule has 0 unspecified atom stereocenters. The summed E-state index contributed by atoms with van der Waals surface area (Å²) >= 11 is 12.0. The lowest BCUT2D eigenvalue weighted by Crippen LogP contribution is -2.22. The normalized spacial score (nSPS) is 11.0. The molecule has 0 aliphatic rings. The van der Waals surface area contributed by atoms with Crippen molar-refractivity contribution in [3.63, 3.8) is 0 Å². The molecule has 0 heterocycles. The molecule has 0 bridgehead atoms. The first-order valence-electron chi connectivity index (χ1n) is 6.61. The molecule has 2 aromatic carbocycles. The van der Waals surface area contributed by atoms with Crippen molar-refractivity contribution >= 4 is 23.2 Å². The first-order valence-corrected chi connectivity index (χ1v) is 7.37. The van der Waals surface area contributed by atoms with Crippen LogP contribution in [-0.2, 0) is 6.54 Å². The second-order valence-corrected chi connectivity index (χ2v) is 5.72. The summed E-state index contributed by atoms with van der Waals surface area (Å²) in [5, 5.41) is 3.87. The van der Waals surface area contributed by atoms with Crippen LogP contribution in [0.15, 0.2) is 36.4 Å². The molecule has 2 aromatic rings. The van der Waals surface area contributed by atoms with E-state index in [9.17, 15) is 4.39 Å². The predicted octanol–water partition coefficient (Wildman–Crippen LogP) is 5.42. The number of benzene rings is 2. The number of hydrogen-bond acceptors (Lipinski definition) is 2. The van der Waals surface area contributed by atoms with Crippen molar-refractivity contribution < 1.29 is 9.13 Å². The van der Waals surface area contributed by atoms with Crippen LogP contribution < -0.4 is 10.1 Å². The van der Waals surface area contributed by atoms with Crippen molar-refractivity contribution in [2.45, 2.75) is 26.4 Å². The van der Waals surface area contributed by atoms with E-state index in [1.165, 1.54) is 12.1 Å². The first kappa shape index (κ1) is 16.1. The van der Waals surface area contributed by atoms with E-state index < -0.39 is 5.82 Å². The number of halogens is 3. The van der Waals surface area contributed by atoms with E-state index in [1.807, 2.05) is 13.8 Å². The summed E-state index contributed by atoms with van der Waals surface area (Å²) in [5.41, 5.74) is 0.784. The van der Waals surface area contributed by atoms with Gasteiger partial charge >= 0.3 is 0 Å². The molecule has 0 aromatic heterocycles. The minimum Gasteiger partial charge on any atom is -0.454 e. The molecule has 112 valence electrons. The Morgan fingerprint density at radius 1 is 1.05 bits per heavy atom. The lowest BCUT2D eigenvalue weighted by Gasteiger charge is -2.15. The van der Waals surface area contributed by atoms with E-state index >= 15 is 0 Å². The van der Waals surface area contributed by atoms with Crippen molar-refractivity contribution in [2.75, 3.05) is 0 Å². The molecular formula is C16H16Cl2FNO. The van der Waals surface area contributed by atoms with Gasteiger partial charge in [-0.3, -0.25) is 0 Å². The molecular weight excluding hydrogens is 312 g/mol. The van der Waals surface area contributed by atoms with E-state index in [2.05, 4.69) is 5.32 Å². The van der Waals surface area contributed by atoms with Gasteiger partial charge in [0.25, 0.3) is 0 Å². The van der Waals surface area contributed by atoms with Gasteiger partial charge in [-0.1, -0.05) is 49.2 Å². The van der Waals surface area contributed by atoms with Crippen molar-refractivity contribution in [3.8, 4) is 11.5 Å². The van der Waals surface area contributed by atoms with Crippen LogP contribution in [0.25, 0.3) is 0 Å². The molecule has 1 N–H and O–H groups in total. The summed E-state index contributed by atoms with van der Waals surface area (Å²) in [6.45, 7) is 4.61. The van der Waals surface area contributed by atoms with Crippen LogP contribution in [0.1, 0.15) is 19.4 Å². The molecule has 0 fully saturated rings. The van der Waals surface area contributed by atoms with Crippen LogP contribution in [0.2, 0.25) is 10.0 Å². The number of rotatable bonds is 5. The van der Waals surface area contributed by atoms with Crippen molar-refractivity contribution in [2.24, 2.45) is 0 Å².